The van der Waals surface area contributed by atoms with E-state index >= 15 is 0 Å². The van der Waals surface area contributed by atoms with Gasteiger partial charge in [0.05, 0.1) is 6.26 Å². The first-order valence-corrected chi connectivity index (χ1v) is 7.59. The minimum atomic E-state index is 0.270. The van der Waals surface area contributed by atoms with Gasteiger partial charge in [-0.05, 0) is 19.0 Å². The highest BCUT2D eigenvalue weighted by atomic mass is 16.3. The zero-order chi connectivity index (χ0) is 14.4. The van der Waals surface area contributed by atoms with E-state index in [9.17, 15) is 0 Å². The molecule has 0 fully saturated rings. The normalized spacial score (nSPS) is 12.8. The molecule has 0 amide bonds. The van der Waals surface area contributed by atoms with Crippen molar-refractivity contribution in [2.75, 3.05) is 6.54 Å². The molecule has 0 saturated heterocycles. The zero-order valence-electron chi connectivity index (χ0n) is 12.7. The average molecular weight is 275 g/mol. The fraction of sp³-hybridized carbons (Fsp3) is 0.562. The maximum Gasteiger partial charge on any atom is 0.110 e. The first-order valence-electron chi connectivity index (χ1n) is 7.59. The van der Waals surface area contributed by atoms with Crippen molar-refractivity contribution in [2.24, 2.45) is 0 Å². The molecule has 2 heterocycles. The third-order valence-electron chi connectivity index (χ3n) is 3.58. The van der Waals surface area contributed by atoms with E-state index < -0.39 is 0 Å². The van der Waals surface area contributed by atoms with Crippen molar-refractivity contribution in [1.29, 1.82) is 0 Å². The van der Waals surface area contributed by atoms with Gasteiger partial charge in [0.25, 0.3) is 0 Å². The van der Waals surface area contributed by atoms with Crippen molar-refractivity contribution in [3.05, 3.63) is 41.9 Å². The lowest BCUT2D eigenvalue weighted by atomic mass is 10.0. The molecular formula is C16H25N3O. The number of furan rings is 1. The maximum absolute atomic E-state index is 5.57. The van der Waals surface area contributed by atoms with Crippen LogP contribution in [0, 0.1) is 0 Å². The van der Waals surface area contributed by atoms with E-state index in [2.05, 4.69) is 47.9 Å². The molecule has 1 N–H and O–H groups in total. The molecule has 2 aromatic heterocycles. The number of imidazole rings is 1. The summed E-state index contributed by atoms with van der Waals surface area (Å²) in [5.41, 5.74) is 1.26. The highest BCUT2D eigenvalue weighted by Gasteiger charge is 2.18. The van der Waals surface area contributed by atoms with Crippen LogP contribution < -0.4 is 5.32 Å². The van der Waals surface area contributed by atoms with Crippen LogP contribution in [-0.2, 0) is 19.4 Å². The summed E-state index contributed by atoms with van der Waals surface area (Å²) in [6.07, 6.45) is 8.70. The van der Waals surface area contributed by atoms with Crippen LogP contribution in [0.15, 0.2) is 29.1 Å². The summed E-state index contributed by atoms with van der Waals surface area (Å²) in [4.78, 5) is 4.51. The summed E-state index contributed by atoms with van der Waals surface area (Å²) >= 11 is 0. The lowest BCUT2D eigenvalue weighted by Gasteiger charge is -2.18. The molecule has 4 nitrogen and oxygen atoms in total. The quantitative estimate of drug-likeness (QED) is 0.803. The first-order chi connectivity index (χ1) is 9.80. The Balaban J connectivity index is 2.19. The van der Waals surface area contributed by atoms with Gasteiger partial charge in [-0.2, -0.15) is 0 Å². The molecule has 0 aliphatic heterocycles. The van der Waals surface area contributed by atoms with Crippen LogP contribution in [0.2, 0.25) is 0 Å². The maximum atomic E-state index is 5.57. The smallest absolute Gasteiger partial charge is 0.110 e. The van der Waals surface area contributed by atoms with E-state index in [-0.39, 0.29) is 6.04 Å². The largest absolute Gasteiger partial charge is 0.469 e. The number of rotatable bonds is 8. The number of nitrogens with zero attached hydrogens (tertiary/aromatic N) is 2. The van der Waals surface area contributed by atoms with Crippen LogP contribution in [-0.4, -0.2) is 16.1 Å². The van der Waals surface area contributed by atoms with Gasteiger partial charge in [0.15, 0.2) is 0 Å². The molecule has 0 saturated carbocycles. The van der Waals surface area contributed by atoms with Crippen LogP contribution in [0.25, 0.3) is 0 Å². The van der Waals surface area contributed by atoms with E-state index in [0.717, 1.165) is 43.9 Å². The van der Waals surface area contributed by atoms with E-state index in [0.29, 0.717) is 0 Å². The third-order valence-corrected chi connectivity index (χ3v) is 3.58. The molecule has 0 aliphatic carbocycles. The fourth-order valence-corrected chi connectivity index (χ4v) is 2.64. The number of nitrogens with one attached hydrogen (secondary N) is 1. The van der Waals surface area contributed by atoms with Gasteiger partial charge in [0.2, 0.25) is 0 Å². The van der Waals surface area contributed by atoms with E-state index in [1.165, 1.54) is 5.56 Å². The molecule has 2 aromatic rings. The van der Waals surface area contributed by atoms with Gasteiger partial charge < -0.3 is 14.3 Å². The van der Waals surface area contributed by atoms with Gasteiger partial charge in [0, 0.05) is 43.4 Å². The van der Waals surface area contributed by atoms with Gasteiger partial charge in [-0.15, -0.1) is 0 Å². The number of aromatic nitrogens is 2. The number of hydrogen-bond acceptors (Lipinski definition) is 3. The molecule has 20 heavy (non-hydrogen) atoms. The Labute approximate surface area is 121 Å². The summed E-state index contributed by atoms with van der Waals surface area (Å²) in [7, 11) is 0. The van der Waals surface area contributed by atoms with Crippen molar-refractivity contribution in [1.82, 2.24) is 14.9 Å². The zero-order valence-corrected chi connectivity index (χ0v) is 12.7. The standard InChI is InChI=1S/C16H25N3O/c1-4-9-19-10-8-18-16(19)12-14(17-6-3)13-7-11-20-15(13)5-2/h7-8,10-11,14,17H,4-6,9,12H2,1-3H3. The van der Waals surface area contributed by atoms with Crippen molar-refractivity contribution in [2.45, 2.75) is 52.6 Å². The van der Waals surface area contributed by atoms with E-state index in [4.69, 9.17) is 4.42 Å². The monoisotopic (exact) mass is 275 g/mol. The highest BCUT2D eigenvalue weighted by Crippen LogP contribution is 2.23. The Hall–Kier alpha value is -1.55. The summed E-state index contributed by atoms with van der Waals surface area (Å²) in [5, 5.41) is 3.55. The lowest BCUT2D eigenvalue weighted by Crippen LogP contribution is -2.24. The molecule has 0 aliphatic rings. The Morgan fingerprint density at radius 1 is 1.35 bits per heavy atom. The van der Waals surface area contributed by atoms with Crippen LogP contribution in [0.1, 0.15) is 50.4 Å². The second-order valence-corrected chi connectivity index (χ2v) is 5.00. The van der Waals surface area contributed by atoms with Gasteiger partial charge in [-0.3, -0.25) is 0 Å². The summed E-state index contributed by atoms with van der Waals surface area (Å²) in [5.74, 6) is 2.21. The first kappa shape index (κ1) is 14.9. The predicted octanol–water partition coefficient (Wildman–Crippen LogP) is 3.34. The second-order valence-electron chi connectivity index (χ2n) is 5.00. The van der Waals surface area contributed by atoms with Gasteiger partial charge in [0.1, 0.15) is 11.6 Å². The Morgan fingerprint density at radius 2 is 2.20 bits per heavy atom. The van der Waals surface area contributed by atoms with Gasteiger partial charge in [-0.1, -0.05) is 20.8 Å². The topological polar surface area (TPSA) is 43.0 Å². The molecule has 1 unspecified atom stereocenters. The van der Waals surface area contributed by atoms with Crippen molar-refractivity contribution in [3.63, 3.8) is 0 Å². The molecule has 0 spiro atoms. The van der Waals surface area contributed by atoms with Crippen LogP contribution in [0.4, 0.5) is 0 Å². The third kappa shape index (κ3) is 3.31. The minimum absolute atomic E-state index is 0.270. The molecule has 0 bridgehead atoms. The summed E-state index contributed by atoms with van der Waals surface area (Å²) in [6, 6.07) is 2.35. The second kappa shape index (κ2) is 7.29. The Kier molecular flexibility index (Phi) is 5.41. The van der Waals surface area contributed by atoms with Crippen LogP contribution in [0.3, 0.4) is 0 Å². The van der Waals surface area contributed by atoms with E-state index in [1.807, 2.05) is 6.20 Å². The molecule has 0 aromatic carbocycles. The molecule has 4 heteroatoms. The molecule has 0 radical (unpaired) electrons. The average Bonchev–Trinajstić information content (AvgIpc) is 3.08. The Bertz CT molecular complexity index is 515. The molecule has 1 atom stereocenters. The van der Waals surface area contributed by atoms with Crippen LogP contribution in [0.5, 0.6) is 0 Å². The van der Waals surface area contributed by atoms with Crippen molar-refractivity contribution in [3.8, 4) is 0 Å². The molecular weight excluding hydrogens is 250 g/mol. The van der Waals surface area contributed by atoms with Crippen LogP contribution >= 0.6 is 0 Å². The van der Waals surface area contributed by atoms with Gasteiger partial charge >= 0.3 is 0 Å². The minimum Gasteiger partial charge on any atom is -0.469 e. The van der Waals surface area contributed by atoms with Crippen molar-refractivity contribution >= 4 is 0 Å². The SMILES string of the molecule is CCCn1ccnc1CC(NCC)c1ccoc1CC. The molecule has 110 valence electrons. The number of aryl methyl sites for hydroxylation is 2. The lowest BCUT2D eigenvalue weighted by molar-refractivity contribution is 0.477. The predicted molar refractivity (Wildman–Crippen MR) is 80.7 cm³/mol. The Morgan fingerprint density at radius 3 is 2.90 bits per heavy atom. The number of hydrogen-bond donors (Lipinski definition) is 1. The number of likely N-dealkylation sites (N-methyl/N-ethyl adjacent to an activating group) is 1. The van der Waals surface area contributed by atoms with Gasteiger partial charge in [-0.25, -0.2) is 4.98 Å². The summed E-state index contributed by atoms with van der Waals surface area (Å²) < 4.78 is 7.82. The fourth-order valence-electron chi connectivity index (χ4n) is 2.64. The highest BCUT2D eigenvalue weighted by molar-refractivity contribution is 5.23. The van der Waals surface area contributed by atoms with E-state index in [1.54, 1.807) is 6.26 Å². The summed E-state index contributed by atoms with van der Waals surface area (Å²) in [6.45, 7) is 8.42. The molecule has 2 rings (SSSR count). The van der Waals surface area contributed by atoms with Crippen molar-refractivity contribution < 1.29 is 4.42 Å².